The fourth-order valence-corrected chi connectivity index (χ4v) is 3.92. The van der Waals surface area contributed by atoms with Crippen LogP contribution in [0.5, 0.6) is 0 Å². The molecule has 1 saturated heterocycles. The fourth-order valence-electron chi connectivity index (χ4n) is 3.92. The summed E-state index contributed by atoms with van der Waals surface area (Å²) in [6.07, 6.45) is 2.29. The van der Waals surface area contributed by atoms with Crippen molar-refractivity contribution in [3.63, 3.8) is 0 Å². The summed E-state index contributed by atoms with van der Waals surface area (Å²) in [5, 5.41) is 16.6. The third-order valence-electron chi connectivity index (χ3n) is 6.00. The molecule has 1 aromatic carbocycles. The van der Waals surface area contributed by atoms with Gasteiger partial charge in [0, 0.05) is 19.0 Å². The van der Waals surface area contributed by atoms with E-state index in [-0.39, 0.29) is 36.5 Å². The number of piperidine rings is 1. The van der Waals surface area contributed by atoms with Gasteiger partial charge in [0.2, 0.25) is 5.89 Å². The first-order valence-electron chi connectivity index (χ1n) is 11.4. The average Bonchev–Trinajstić information content (AvgIpc) is 3.10. The van der Waals surface area contributed by atoms with E-state index < -0.39 is 0 Å². The molecule has 1 atom stereocenters. The Morgan fingerprint density at radius 1 is 1.22 bits per heavy atom. The largest absolute Gasteiger partial charge is 0.444 e. The van der Waals surface area contributed by atoms with E-state index in [1.165, 1.54) is 0 Å². The molecule has 3 N–H and O–H groups in total. The molecule has 1 fully saturated rings. The molecule has 32 heavy (non-hydrogen) atoms. The predicted molar refractivity (Wildman–Crippen MR) is 140 cm³/mol. The normalized spacial score (nSPS) is 16.4. The Kier molecular flexibility index (Phi) is 11.5. The lowest BCUT2D eigenvalue weighted by atomic mass is 9.97. The van der Waals surface area contributed by atoms with Crippen molar-refractivity contribution in [1.29, 1.82) is 0 Å². The number of benzene rings is 1. The van der Waals surface area contributed by atoms with Crippen LogP contribution in [0.1, 0.15) is 48.6 Å². The molecular weight excluding hydrogens is 517 g/mol. The molecule has 0 radical (unpaired) electrons. The van der Waals surface area contributed by atoms with E-state index in [1.54, 1.807) is 0 Å². The van der Waals surface area contributed by atoms with E-state index in [4.69, 9.17) is 9.41 Å². The first kappa shape index (κ1) is 26.6. The molecule has 3 rings (SSSR count). The van der Waals surface area contributed by atoms with Gasteiger partial charge in [-0.15, -0.1) is 24.0 Å². The zero-order chi connectivity index (χ0) is 22.1. The highest BCUT2D eigenvalue weighted by atomic mass is 127. The molecule has 0 amide bonds. The zero-order valence-corrected chi connectivity index (χ0v) is 21.8. The first-order valence-corrected chi connectivity index (χ1v) is 11.4. The number of guanidine groups is 1. The van der Waals surface area contributed by atoms with Crippen molar-refractivity contribution >= 4 is 29.9 Å². The van der Waals surface area contributed by atoms with Gasteiger partial charge in [-0.3, -0.25) is 9.89 Å². The lowest BCUT2D eigenvalue weighted by molar-refractivity contribution is 0.164. The number of nitrogens with zero attached hydrogens (tertiary/aromatic N) is 3. The molecular formula is C24H38IN5O2. The number of aryl methyl sites for hydroxylation is 2. The summed E-state index contributed by atoms with van der Waals surface area (Å²) in [6, 6.07) is 10.1. The molecule has 0 bridgehead atoms. The molecule has 8 heteroatoms. The number of aromatic nitrogens is 1. The van der Waals surface area contributed by atoms with Crippen molar-refractivity contribution < 1.29 is 9.52 Å². The number of hydrogen-bond donors (Lipinski definition) is 3. The van der Waals surface area contributed by atoms with Gasteiger partial charge in [0.25, 0.3) is 0 Å². The van der Waals surface area contributed by atoms with Crippen LogP contribution in [0.2, 0.25) is 0 Å². The fraction of sp³-hybridized carbons (Fsp3) is 0.583. The number of rotatable bonds is 9. The lowest BCUT2D eigenvalue weighted by Gasteiger charge is -2.31. The second kappa shape index (κ2) is 13.8. The van der Waals surface area contributed by atoms with Gasteiger partial charge < -0.3 is 20.2 Å². The van der Waals surface area contributed by atoms with Crippen LogP contribution in [0.25, 0.3) is 0 Å². The second-order valence-electron chi connectivity index (χ2n) is 8.36. The van der Waals surface area contributed by atoms with Crippen LogP contribution in [0, 0.1) is 19.8 Å². The number of aliphatic imine (C=N–C) groups is 1. The highest BCUT2D eigenvalue weighted by molar-refractivity contribution is 14.0. The minimum absolute atomic E-state index is 0. The third kappa shape index (κ3) is 8.04. The molecule has 2 aromatic rings. The number of halogens is 1. The summed E-state index contributed by atoms with van der Waals surface area (Å²) in [6.45, 7) is 11.3. The van der Waals surface area contributed by atoms with Gasteiger partial charge in [-0.05, 0) is 58.2 Å². The zero-order valence-electron chi connectivity index (χ0n) is 19.5. The highest BCUT2D eigenvalue weighted by Gasteiger charge is 2.21. The smallest absolute Gasteiger partial charge is 0.208 e. The molecule has 2 heterocycles. The van der Waals surface area contributed by atoms with Crippen LogP contribution in [-0.4, -0.2) is 60.3 Å². The van der Waals surface area contributed by atoms with E-state index in [0.717, 1.165) is 74.4 Å². The van der Waals surface area contributed by atoms with Gasteiger partial charge in [0.1, 0.15) is 5.76 Å². The summed E-state index contributed by atoms with van der Waals surface area (Å²) >= 11 is 0. The van der Waals surface area contributed by atoms with Gasteiger partial charge >= 0.3 is 0 Å². The minimum atomic E-state index is 0. The van der Waals surface area contributed by atoms with Crippen LogP contribution >= 0.6 is 24.0 Å². The quantitative estimate of drug-likeness (QED) is 0.250. The van der Waals surface area contributed by atoms with Crippen molar-refractivity contribution in [2.45, 2.75) is 46.1 Å². The monoisotopic (exact) mass is 555 g/mol. The topological polar surface area (TPSA) is 85.9 Å². The molecule has 0 spiro atoms. The Balaban J connectivity index is 0.00000363. The average molecular weight is 556 g/mol. The second-order valence-corrected chi connectivity index (χ2v) is 8.36. The van der Waals surface area contributed by atoms with Crippen molar-refractivity contribution in [1.82, 2.24) is 20.5 Å². The van der Waals surface area contributed by atoms with Crippen LogP contribution in [0.3, 0.4) is 0 Å². The van der Waals surface area contributed by atoms with Crippen LogP contribution < -0.4 is 10.6 Å². The summed E-state index contributed by atoms with van der Waals surface area (Å²) < 4.78 is 5.73. The lowest BCUT2D eigenvalue weighted by Crippen LogP contribution is -2.43. The van der Waals surface area contributed by atoms with Gasteiger partial charge in [-0.1, -0.05) is 30.3 Å². The molecule has 0 aliphatic carbocycles. The van der Waals surface area contributed by atoms with E-state index in [0.29, 0.717) is 12.5 Å². The number of aliphatic hydroxyl groups is 1. The maximum atomic E-state index is 9.78. The number of aliphatic hydroxyl groups excluding tert-OH is 1. The Labute approximate surface area is 209 Å². The van der Waals surface area contributed by atoms with E-state index in [9.17, 15) is 5.11 Å². The highest BCUT2D eigenvalue weighted by Crippen LogP contribution is 2.19. The maximum Gasteiger partial charge on any atom is 0.208 e. The SMILES string of the molecule is CCNC(=NCC(CO)c1ccccc1)NCC1CCN(Cc2nc(C)c(C)o2)CC1.I. The minimum Gasteiger partial charge on any atom is -0.444 e. The third-order valence-corrected chi connectivity index (χ3v) is 6.00. The summed E-state index contributed by atoms with van der Waals surface area (Å²) in [5.41, 5.74) is 2.11. The summed E-state index contributed by atoms with van der Waals surface area (Å²) in [5.74, 6) is 3.20. The van der Waals surface area contributed by atoms with Gasteiger partial charge in [-0.2, -0.15) is 0 Å². The first-order chi connectivity index (χ1) is 15.1. The van der Waals surface area contributed by atoms with Crippen molar-refractivity contribution in [3.8, 4) is 0 Å². The molecule has 1 unspecified atom stereocenters. The molecule has 1 aliphatic heterocycles. The summed E-state index contributed by atoms with van der Waals surface area (Å²) in [7, 11) is 0. The Morgan fingerprint density at radius 2 is 1.94 bits per heavy atom. The van der Waals surface area contributed by atoms with Crippen molar-refractivity contribution in [3.05, 3.63) is 53.2 Å². The molecule has 7 nitrogen and oxygen atoms in total. The maximum absolute atomic E-state index is 9.78. The number of likely N-dealkylation sites (tertiary alicyclic amines) is 1. The Morgan fingerprint density at radius 3 is 2.53 bits per heavy atom. The number of oxazole rings is 1. The van der Waals surface area contributed by atoms with E-state index in [1.807, 2.05) is 44.2 Å². The van der Waals surface area contributed by atoms with Gasteiger partial charge in [0.05, 0.1) is 25.4 Å². The van der Waals surface area contributed by atoms with Crippen LogP contribution in [0.4, 0.5) is 0 Å². The van der Waals surface area contributed by atoms with Gasteiger partial charge in [0.15, 0.2) is 5.96 Å². The van der Waals surface area contributed by atoms with Crippen molar-refractivity contribution in [2.75, 3.05) is 39.3 Å². The molecule has 0 saturated carbocycles. The number of hydrogen-bond acceptors (Lipinski definition) is 5. The van der Waals surface area contributed by atoms with E-state index in [2.05, 4.69) is 27.4 Å². The van der Waals surface area contributed by atoms with Crippen LogP contribution in [0.15, 0.2) is 39.7 Å². The summed E-state index contributed by atoms with van der Waals surface area (Å²) in [4.78, 5) is 11.7. The molecule has 1 aromatic heterocycles. The van der Waals surface area contributed by atoms with Crippen molar-refractivity contribution in [2.24, 2.45) is 10.9 Å². The Hall–Kier alpha value is -1.65. The predicted octanol–water partition coefficient (Wildman–Crippen LogP) is 3.45. The Bertz CT molecular complexity index is 800. The molecule has 178 valence electrons. The van der Waals surface area contributed by atoms with Gasteiger partial charge in [-0.25, -0.2) is 4.98 Å². The van der Waals surface area contributed by atoms with E-state index >= 15 is 0 Å². The van der Waals surface area contributed by atoms with Crippen LogP contribution in [-0.2, 0) is 6.54 Å². The molecule has 1 aliphatic rings. The number of nitrogens with one attached hydrogen (secondary N) is 2. The standard InChI is InChI=1S/C24H37N5O2.HI/c1-4-25-24(27-15-22(17-30)21-8-6-5-7-9-21)26-14-20-10-12-29(13-11-20)16-23-28-18(2)19(3)31-23;/h5-9,20,22,30H,4,10-17H2,1-3H3,(H2,25,26,27);1H.